The number of nitrogens with one attached hydrogen (secondary N) is 2. The molecule has 0 aliphatic heterocycles. The lowest BCUT2D eigenvalue weighted by molar-refractivity contribution is 0.0639. The second kappa shape index (κ2) is 14.9. The number of aliphatic hydroxyl groups is 1. The Morgan fingerprint density at radius 2 is 1.52 bits per heavy atom. The Balaban J connectivity index is 1.58. The molecule has 236 valence electrons. The first-order chi connectivity index (χ1) is 21.1. The number of hydrogen-bond acceptors (Lipinski definition) is 4. The highest BCUT2D eigenvalue weighted by Gasteiger charge is 2.51. The quantitative estimate of drug-likeness (QED) is 0.195. The molecular weight excluding hydrogens is 560 g/mol. The molecule has 8 heteroatoms. The second-order valence-electron chi connectivity index (χ2n) is 12.1. The molecule has 1 aliphatic rings. The van der Waals surface area contributed by atoms with E-state index in [0.29, 0.717) is 43.6 Å². The fourth-order valence-corrected chi connectivity index (χ4v) is 5.89. The smallest absolute Gasteiger partial charge is 0.253 e. The molecule has 44 heavy (non-hydrogen) atoms. The number of aryl methyl sites for hydroxylation is 2. The van der Waals surface area contributed by atoms with Crippen molar-refractivity contribution in [3.8, 4) is 0 Å². The van der Waals surface area contributed by atoms with Gasteiger partial charge in [0.15, 0.2) is 0 Å². The summed E-state index contributed by atoms with van der Waals surface area (Å²) in [5.41, 5.74) is 3.46. The molecule has 0 radical (unpaired) electrons. The van der Waals surface area contributed by atoms with E-state index in [1.807, 2.05) is 32.9 Å². The average molecular weight is 606 g/mol. The van der Waals surface area contributed by atoms with Crippen molar-refractivity contribution in [1.82, 2.24) is 15.5 Å². The van der Waals surface area contributed by atoms with Gasteiger partial charge in [0, 0.05) is 42.4 Å². The molecule has 1 saturated carbocycles. The Morgan fingerprint density at radius 1 is 0.886 bits per heavy atom. The van der Waals surface area contributed by atoms with Gasteiger partial charge < -0.3 is 20.6 Å². The number of carbonyl (C=O) groups is 2. The van der Waals surface area contributed by atoms with E-state index in [2.05, 4.69) is 29.7 Å². The van der Waals surface area contributed by atoms with E-state index >= 15 is 0 Å². The lowest BCUT2D eigenvalue weighted by atomic mass is 9.93. The van der Waals surface area contributed by atoms with Gasteiger partial charge in [0.05, 0.1) is 12.1 Å². The Bertz CT molecular complexity index is 1430. The monoisotopic (exact) mass is 605 g/mol. The van der Waals surface area contributed by atoms with Crippen LogP contribution >= 0.6 is 0 Å². The Hall–Kier alpha value is -3.62. The van der Waals surface area contributed by atoms with Crippen LogP contribution in [0, 0.1) is 18.6 Å². The summed E-state index contributed by atoms with van der Waals surface area (Å²) in [6.07, 6.45) is 2.94. The fourth-order valence-electron chi connectivity index (χ4n) is 5.89. The largest absolute Gasteiger partial charge is 0.389 e. The molecule has 1 fully saturated rings. The van der Waals surface area contributed by atoms with Crippen molar-refractivity contribution in [2.24, 2.45) is 0 Å². The summed E-state index contributed by atoms with van der Waals surface area (Å²) in [6.45, 7) is 9.75. The van der Waals surface area contributed by atoms with E-state index < -0.39 is 35.2 Å². The van der Waals surface area contributed by atoms with Crippen LogP contribution in [-0.2, 0) is 19.4 Å². The topological polar surface area (TPSA) is 81.7 Å². The standard InChI is InChI=1S/C36H45F2N3O3/c1-5-13-41(14-6-2)35(44)29-16-24(4)15-28(21-29)34(43)40-32(20-27-18-30(37)22-31(38)19-27)33(42)36(11-12-36)39-23-26-10-8-9-25(7-3)17-26/h8-10,15-19,21-22,32-33,39,42H,5-7,11-14,20,23H2,1-4H3,(H,40,43)/t32-,33-/m0/s1. The molecule has 3 N–H and O–H groups in total. The zero-order valence-electron chi connectivity index (χ0n) is 26.3. The van der Waals surface area contributed by atoms with Crippen LogP contribution in [0.1, 0.15) is 89.4 Å². The van der Waals surface area contributed by atoms with Crippen molar-refractivity contribution in [2.45, 2.75) is 90.4 Å². The molecular formula is C36H45F2N3O3. The highest BCUT2D eigenvalue weighted by atomic mass is 19.1. The van der Waals surface area contributed by atoms with Crippen molar-refractivity contribution < 1.29 is 23.5 Å². The normalized spacial score (nSPS) is 15.0. The summed E-state index contributed by atoms with van der Waals surface area (Å²) >= 11 is 0. The summed E-state index contributed by atoms with van der Waals surface area (Å²) in [7, 11) is 0. The van der Waals surface area contributed by atoms with E-state index in [1.165, 1.54) is 17.7 Å². The molecule has 0 spiro atoms. The number of hydrogen-bond donors (Lipinski definition) is 3. The number of rotatable bonds is 15. The maximum absolute atomic E-state index is 14.1. The van der Waals surface area contributed by atoms with Gasteiger partial charge in [0.1, 0.15) is 11.6 Å². The third kappa shape index (κ3) is 8.51. The third-order valence-electron chi connectivity index (χ3n) is 8.34. The van der Waals surface area contributed by atoms with Gasteiger partial charge in [-0.25, -0.2) is 8.78 Å². The first-order valence-electron chi connectivity index (χ1n) is 15.7. The number of halogens is 2. The van der Waals surface area contributed by atoms with Gasteiger partial charge in [-0.2, -0.15) is 0 Å². The summed E-state index contributed by atoms with van der Waals surface area (Å²) in [5.74, 6) is -2.04. The van der Waals surface area contributed by atoms with Crippen molar-refractivity contribution >= 4 is 11.8 Å². The Kier molecular flexibility index (Phi) is 11.3. The van der Waals surface area contributed by atoms with Crippen LogP contribution < -0.4 is 10.6 Å². The molecule has 2 atom stereocenters. The van der Waals surface area contributed by atoms with Crippen LogP contribution in [0.3, 0.4) is 0 Å². The van der Waals surface area contributed by atoms with Gasteiger partial charge in [0.25, 0.3) is 11.8 Å². The predicted molar refractivity (Wildman–Crippen MR) is 170 cm³/mol. The second-order valence-corrected chi connectivity index (χ2v) is 12.1. The number of nitrogens with zero attached hydrogens (tertiary/aromatic N) is 1. The zero-order chi connectivity index (χ0) is 31.9. The number of amides is 2. The number of aliphatic hydroxyl groups excluding tert-OH is 1. The van der Waals surface area contributed by atoms with Gasteiger partial charge >= 0.3 is 0 Å². The van der Waals surface area contributed by atoms with Crippen LogP contribution in [0.2, 0.25) is 0 Å². The van der Waals surface area contributed by atoms with Gasteiger partial charge in [-0.3, -0.25) is 9.59 Å². The van der Waals surface area contributed by atoms with E-state index in [0.717, 1.165) is 36.5 Å². The van der Waals surface area contributed by atoms with Gasteiger partial charge in [0.2, 0.25) is 0 Å². The third-order valence-corrected chi connectivity index (χ3v) is 8.34. The lowest BCUT2D eigenvalue weighted by Crippen LogP contribution is -2.55. The molecule has 0 heterocycles. The molecule has 0 saturated heterocycles. The minimum atomic E-state index is -1.04. The van der Waals surface area contributed by atoms with Crippen LogP contribution in [0.15, 0.2) is 60.7 Å². The molecule has 4 rings (SSSR count). The van der Waals surface area contributed by atoms with E-state index in [-0.39, 0.29) is 17.9 Å². The van der Waals surface area contributed by atoms with Gasteiger partial charge in [-0.05, 0) is 98.0 Å². The minimum absolute atomic E-state index is 0.0225. The fraction of sp³-hybridized carbons (Fsp3) is 0.444. The van der Waals surface area contributed by atoms with Gasteiger partial charge in [-0.1, -0.05) is 45.0 Å². The molecule has 0 bridgehead atoms. The SMILES string of the molecule is CCCN(CCC)C(=O)c1cc(C)cc(C(=O)N[C@@H](Cc2cc(F)cc(F)c2)[C@H](O)C2(NCc3cccc(CC)c3)CC2)c1. The van der Waals surface area contributed by atoms with Crippen molar-refractivity contribution in [1.29, 1.82) is 0 Å². The summed E-state index contributed by atoms with van der Waals surface area (Å²) in [4.78, 5) is 28.8. The van der Waals surface area contributed by atoms with Crippen molar-refractivity contribution in [3.05, 3.63) is 106 Å². The molecule has 3 aromatic carbocycles. The average Bonchev–Trinajstić information content (AvgIpc) is 3.79. The Labute approximate surface area is 259 Å². The Morgan fingerprint density at radius 3 is 2.14 bits per heavy atom. The van der Waals surface area contributed by atoms with Crippen molar-refractivity contribution in [3.63, 3.8) is 0 Å². The number of benzene rings is 3. The maximum atomic E-state index is 14.1. The first-order valence-corrected chi connectivity index (χ1v) is 15.7. The minimum Gasteiger partial charge on any atom is -0.389 e. The summed E-state index contributed by atoms with van der Waals surface area (Å²) in [6, 6.07) is 15.7. The molecule has 6 nitrogen and oxygen atoms in total. The highest BCUT2D eigenvalue weighted by molar-refractivity contribution is 6.00. The van der Waals surface area contributed by atoms with E-state index in [4.69, 9.17) is 0 Å². The van der Waals surface area contributed by atoms with Crippen LogP contribution in [-0.4, -0.2) is 52.6 Å². The van der Waals surface area contributed by atoms with Gasteiger partial charge in [-0.15, -0.1) is 0 Å². The highest BCUT2D eigenvalue weighted by Crippen LogP contribution is 2.41. The molecule has 0 aromatic heterocycles. The zero-order valence-corrected chi connectivity index (χ0v) is 26.3. The van der Waals surface area contributed by atoms with Crippen molar-refractivity contribution in [2.75, 3.05) is 13.1 Å². The van der Waals surface area contributed by atoms with Crippen LogP contribution in [0.5, 0.6) is 0 Å². The molecule has 0 unspecified atom stereocenters. The van der Waals surface area contributed by atoms with E-state index in [9.17, 15) is 23.5 Å². The molecule has 1 aliphatic carbocycles. The summed E-state index contributed by atoms with van der Waals surface area (Å²) in [5, 5.41) is 18.2. The maximum Gasteiger partial charge on any atom is 0.253 e. The van der Waals surface area contributed by atoms with E-state index in [1.54, 1.807) is 23.1 Å². The lowest BCUT2D eigenvalue weighted by Gasteiger charge is -2.32. The molecule has 2 amide bonds. The van der Waals surface area contributed by atoms with Crippen LogP contribution in [0.25, 0.3) is 0 Å². The van der Waals surface area contributed by atoms with Crippen LogP contribution in [0.4, 0.5) is 8.78 Å². The first kappa shape index (κ1) is 33.3. The molecule has 3 aromatic rings. The number of carbonyl (C=O) groups excluding carboxylic acids is 2. The predicted octanol–water partition coefficient (Wildman–Crippen LogP) is 6.12. The summed E-state index contributed by atoms with van der Waals surface area (Å²) < 4.78 is 28.2.